The summed E-state index contributed by atoms with van der Waals surface area (Å²) in [6.07, 6.45) is 0. The number of benzene rings is 4. The van der Waals surface area contributed by atoms with Gasteiger partial charge in [0.05, 0.1) is 10.7 Å². The molecule has 6 nitrogen and oxygen atoms in total. The maximum atomic E-state index is 12.9. The fourth-order valence-electron chi connectivity index (χ4n) is 3.04. The number of halogens is 1. The van der Waals surface area contributed by atoms with Gasteiger partial charge in [-0.1, -0.05) is 60.1 Å². The van der Waals surface area contributed by atoms with E-state index in [2.05, 4.69) is 10.0 Å². The zero-order valence-electron chi connectivity index (χ0n) is 17.2. The zero-order valence-corrected chi connectivity index (χ0v) is 18.8. The minimum absolute atomic E-state index is 0.00259. The Bertz CT molecular complexity index is 1380. The molecular formula is C25H19ClN2O4S. The van der Waals surface area contributed by atoms with Crippen LogP contribution in [-0.2, 0) is 10.0 Å². The first kappa shape index (κ1) is 22.4. The summed E-state index contributed by atoms with van der Waals surface area (Å²) in [5.41, 5.74) is 0.950. The lowest BCUT2D eigenvalue weighted by Crippen LogP contribution is -2.16. The van der Waals surface area contributed by atoms with Gasteiger partial charge in [0.15, 0.2) is 5.75 Å². The first-order valence-corrected chi connectivity index (χ1v) is 11.8. The summed E-state index contributed by atoms with van der Waals surface area (Å²) >= 11 is 6.16. The molecule has 0 aliphatic rings. The third kappa shape index (κ3) is 5.52. The largest absolute Gasteiger partial charge is 0.455 e. The molecule has 0 aliphatic heterocycles. The number of anilines is 2. The molecular weight excluding hydrogens is 460 g/mol. The molecule has 0 atom stereocenters. The topological polar surface area (TPSA) is 84.5 Å². The molecule has 0 aromatic heterocycles. The van der Waals surface area contributed by atoms with Crippen LogP contribution < -0.4 is 14.8 Å². The van der Waals surface area contributed by atoms with E-state index < -0.39 is 15.9 Å². The minimum Gasteiger partial charge on any atom is -0.455 e. The second-order valence-electron chi connectivity index (χ2n) is 6.98. The van der Waals surface area contributed by atoms with E-state index in [0.717, 1.165) is 0 Å². The molecule has 0 radical (unpaired) electrons. The van der Waals surface area contributed by atoms with Crippen LogP contribution >= 0.6 is 11.6 Å². The number of carbonyl (C=O) groups excluding carboxylic acids is 1. The molecule has 2 N–H and O–H groups in total. The van der Waals surface area contributed by atoms with Crippen LogP contribution in [0.4, 0.5) is 11.4 Å². The number of rotatable bonds is 7. The van der Waals surface area contributed by atoms with E-state index in [9.17, 15) is 13.2 Å². The highest BCUT2D eigenvalue weighted by Gasteiger charge is 2.21. The molecule has 0 saturated heterocycles. The van der Waals surface area contributed by atoms with Crippen molar-refractivity contribution in [2.45, 2.75) is 4.90 Å². The van der Waals surface area contributed by atoms with Crippen molar-refractivity contribution in [1.82, 2.24) is 0 Å². The monoisotopic (exact) mass is 478 g/mol. The molecule has 166 valence electrons. The molecule has 4 rings (SSSR count). The molecule has 0 aliphatic carbocycles. The molecule has 8 heteroatoms. The average molecular weight is 479 g/mol. The van der Waals surface area contributed by atoms with Gasteiger partial charge in [-0.05, 0) is 54.6 Å². The molecule has 33 heavy (non-hydrogen) atoms. The predicted octanol–water partition coefficient (Wildman–Crippen LogP) is 6.19. The van der Waals surface area contributed by atoms with Crippen LogP contribution in [-0.4, -0.2) is 14.3 Å². The maximum absolute atomic E-state index is 12.9. The first-order chi connectivity index (χ1) is 15.9. The standard InChI is InChI=1S/C25H19ClN2O4S/c26-21-16-15-18(17-24(21)33(30,31)28-19-9-3-1-4-10-19)25(29)27-22-13-7-8-14-23(22)32-20-11-5-2-6-12-20/h1-17,28H,(H,27,29). The van der Waals surface area contributed by atoms with Gasteiger partial charge < -0.3 is 10.1 Å². The Hall–Kier alpha value is -3.81. The van der Waals surface area contributed by atoms with Crippen LogP contribution in [0.15, 0.2) is 108 Å². The summed E-state index contributed by atoms with van der Waals surface area (Å²) in [5, 5.41) is 2.78. The molecule has 0 spiro atoms. The number of para-hydroxylation sites is 4. The van der Waals surface area contributed by atoms with Crippen molar-refractivity contribution < 1.29 is 17.9 Å². The van der Waals surface area contributed by atoms with Gasteiger partial charge in [-0.2, -0.15) is 0 Å². The summed E-state index contributed by atoms with van der Waals surface area (Å²) < 4.78 is 34.1. The number of ether oxygens (including phenoxy) is 1. The summed E-state index contributed by atoms with van der Waals surface area (Å²) in [6.45, 7) is 0. The third-order valence-corrected chi connectivity index (χ3v) is 6.48. The van der Waals surface area contributed by atoms with Gasteiger partial charge in [-0.3, -0.25) is 9.52 Å². The highest BCUT2D eigenvalue weighted by Crippen LogP contribution is 2.30. The van der Waals surface area contributed by atoms with Gasteiger partial charge in [-0.15, -0.1) is 0 Å². The lowest BCUT2D eigenvalue weighted by Gasteiger charge is -2.13. The van der Waals surface area contributed by atoms with Crippen LogP contribution in [0, 0.1) is 0 Å². The Morgan fingerprint density at radius 1 is 0.788 bits per heavy atom. The van der Waals surface area contributed by atoms with Gasteiger partial charge in [0.1, 0.15) is 10.6 Å². The second kappa shape index (κ2) is 9.77. The Balaban J connectivity index is 1.58. The molecule has 0 unspecified atom stereocenters. The van der Waals surface area contributed by atoms with Crippen molar-refractivity contribution in [3.05, 3.63) is 114 Å². The van der Waals surface area contributed by atoms with Gasteiger partial charge in [0.25, 0.3) is 15.9 Å². The van der Waals surface area contributed by atoms with E-state index in [1.54, 1.807) is 66.7 Å². The summed E-state index contributed by atoms with van der Waals surface area (Å²) in [6, 6.07) is 28.6. The SMILES string of the molecule is O=C(Nc1ccccc1Oc1ccccc1)c1ccc(Cl)c(S(=O)(=O)Nc2ccccc2)c1. The van der Waals surface area contributed by atoms with Crippen LogP contribution in [0.3, 0.4) is 0 Å². The number of hydrogen-bond donors (Lipinski definition) is 2. The Morgan fingerprint density at radius 3 is 2.15 bits per heavy atom. The number of carbonyl (C=O) groups is 1. The lowest BCUT2D eigenvalue weighted by molar-refractivity contribution is 0.102. The molecule has 4 aromatic carbocycles. The smallest absolute Gasteiger partial charge is 0.263 e. The van der Waals surface area contributed by atoms with E-state index in [0.29, 0.717) is 22.9 Å². The molecule has 0 heterocycles. The lowest BCUT2D eigenvalue weighted by atomic mass is 10.2. The maximum Gasteiger partial charge on any atom is 0.263 e. The van der Waals surface area contributed by atoms with Crippen LogP contribution in [0.5, 0.6) is 11.5 Å². The fraction of sp³-hybridized carbons (Fsp3) is 0. The Labute approximate surface area is 196 Å². The Kier molecular flexibility index (Phi) is 6.63. The number of nitrogens with one attached hydrogen (secondary N) is 2. The van der Waals surface area contributed by atoms with Crippen molar-refractivity contribution in [3.8, 4) is 11.5 Å². The van der Waals surface area contributed by atoms with Crippen molar-refractivity contribution in [2.24, 2.45) is 0 Å². The van der Waals surface area contributed by atoms with Crippen LogP contribution in [0.1, 0.15) is 10.4 Å². The Morgan fingerprint density at radius 2 is 1.42 bits per heavy atom. The summed E-state index contributed by atoms with van der Waals surface area (Å²) in [7, 11) is -4.01. The highest BCUT2D eigenvalue weighted by atomic mass is 35.5. The van der Waals surface area contributed by atoms with E-state index in [1.807, 2.05) is 18.2 Å². The van der Waals surface area contributed by atoms with E-state index in [4.69, 9.17) is 16.3 Å². The zero-order chi connectivity index (χ0) is 23.3. The highest BCUT2D eigenvalue weighted by molar-refractivity contribution is 7.92. The number of amides is 1. The molecule has 0 saturated carbocycles. The second-order valence-corrected chi connectivity index (χ2v) is 9.04. The van der Waals surface area contributed by atoms with Crippen molar-refractivity contribution in [3.63, 3.8) is 0 Å². The van der Waals surface area contributed by atoms with E-state index in [-0.39, 0.29) is 15.5 Å². The quantitative estimate of drug-likeness (QED) is 0.332. The van der Waals surface area contributed by atoms with Gasteiger partial charge in [0.2, 0.25) is 0 Å². The normalized spacial score (nSPS) is 10.9. The van der Waals surface area contributed by atoms with Gasteiger partial charge in [-0.25, -0.2) is 8.42 Å². The first-order valence-electron chi connectivity index (χ1n) is 9.93. The molecule has 0 fully saturated rings. The van der Waals surface area contributed by atoms with Gasteiger partial charge >= 0.3 is 0 Å². The molecule has 4 aromatic rings. The predicted molar refractivity (Wildman–Crippen MR) is 130 cm³/mol. The number of sulfonamides is 1. The summed E-state index contributed by atoms with van der Waals surface area (Å²) in [4.78, 5) is 12.7. The molecule has 1 amide bonds. The fourth-order valence-corrected chi connectivity index (χ4v) is 4.62. The van der Waals surface area contributed by atoms with Gasteiger partial charge in [0, 0.05) is 11.3 Å². The third-order valence-electron chi connectivity index (χ3n) is 4.62. The van der Waals surface area contributed by atoms with Crippen molar-refractivity contribution >= 4 is 38.9 Å². The summed E-state index contributed by atoms with van der Waals surface area (Å²) in [5.74, 6) is 0.558. The molecule has 0 bridgehead atoms. The minimum atomic E-state index is -4.01. The van der Waals surface area contributed by atoms with Crippen molar-refractivity contribution in [1.29, 1.82) is 0 Å². The van der Waals surface area contributed by atoms with Crippen molar-refractivity contribution in [2.75, 3.05) is 10.0 Å². The van der Waals surface area contributed by atoms with Crippen LogP contribution in [0.2, 0.25) is 5.02 Å². The average Bonchev–Trinajstić information content (AvgIpc) is 2.81. The van der Waals surface area contributed by atoms with Crippen LogP contribution in [0.25, 0.3) is 0 Å². The number of hydrogen-bond acceptors (Lipinski definition) is 4. The van der Waals surface area contributed by atoms with E-state index >= 15 is 0 Å². The van der Waals surface area contributed by atoms with E-state index in [1.165, 1.54) is 18.2 Å².